The van der Waals surface area contributed by atoms with Gasteiger partial charge in [-0.25, -0.2) is 13.1 Å². The molecule has 0 radical (unpaired) electrons. The molecule has 0 aromatic carbocycles. The molecule has 7 nitrogen and oxygen atoms in total. The molecule has 2 heterocycles. The van der Waals surface area contributed by atoms with E-state index in [1.165, 1.54) is 13.8 Å². The average Bonchev–Trinajstić information content (AvgIpc) is 2.98. The second-order valence-electron chi connectivity index (χ2n) is 5.89. The Kier molecular flexibility index (Phi) is 4.30. The average molecular weight is 391 g/mol. The molecule has 25 heavy (non-hydrogen) atoms. The zero-order valence-corrected chi connectivity index (χ0v) is 14.3. The Morgan fingerprint density at radius 3 is 2.20 bits per heavy atom. The van der Waals surface area contributed by atoms with Gasteiger partial charge in [-0.1, -0.05) is 5.16 Å². The van der Waals surface area contributed by atoms with Crippen LogP contribution in [0.15, 0.2) is 5.16 Å². The third-order valence-corrected chi connectivity index (χ3v) is 5.09. The second kappa shape index (κ2) is 5.54. The van der Waals surface area contributed by atoms with Gasteiger partial charge in [0.25, 0.3) is 9.84 Å². The van der Waals surface area contributed by atoms with Gasteiger partial charge in [0.05, 0.1) is 7.11 Å². The summed E-state index contributed by atoms with van der Waals surface area (Å²) >= 11 is 0. The molecule has 1 aromatic rings. The van der Waals surface area contributed by atoms with E-state index in [0.29, 0.717) is 4.68 Å². The molecule has 0 saturated heterocycles. The largest absolute Gasteiger partial charge is 0.481 e. The first-order chi connectivity index (χ1) is 11.1. The van der Waals surface area contributed by atoms with Crippen molar-refractivity contribution < 1.29 is 39.9 Å². The topological polar surface area (TPSA) is 82.8 Å². The molecule has 0 spiro atoms. The van der Waals surface area contributed by atoms with Gasteiger partial charge in [-0.05, 0) is 13.8 Å². The van der Waals surface area contributed by atoms with Gasteiger partial charge in [0, 0.05) is 13.5 Å². The lowest BCUT2D eigenvalue weighted by Crippen LogP contribution is -2.35. The fourth-order valence-electron chi connectivity index (χ4n) is 2.23. The van der Waals surface area contributed by atoms with Gasteiger partial charge >= 0.3 is 11.4 Å². The molecule has 13 heteroatoms. The van der Waals surface area contributed by atoms with E-state index < -0.39 is 55.5 Å². The van der Waals surface area contributed by atoms with Gasteiger partial charge in [-0.15, -0.1) is 0 Å². The minimum Gasteiger partial charge on any atom is -0.481 e. The van der Waals surface area contributed by atoms with E-state index in [9.17, 15) is 30.4 Å². The summed E-state index contributed by atoms with van der Waals surface area (Å²) in [5.41, 5.74) is -5.12. The van der Waals surface area contributed by atoms with Crippen LogP contribution in [0.4, 0.5) is 22.0 Å². The third kappa shape index (κ3) is 3.04. The molecule has 0 saturated carbocycles. The first kappa shape index (κ1) is 19.4. The molecule has 0 amide bonds. The highest BCUT2D eigenvalue weighted by Crippen LogP contribution is 2.48. The lowest BCUT2D eigenvalue weighted by Gasteiger charge is -2.19. The quantitative estimate of drug-likeness (QED) is 0.739. The summed E-state index contributed by atoms with van der Waals surface area (Å²) in [5.74, 6) is -1.03. The number of halogens is 5. The standard InChI is InChI=1S/C12H14F5N3O4S/c1-10(2)5-6(19-24-10)25(21,22)12(16,17)7-8(11(13,14)15)18-20(3)9(7)23-4/h5H2,1-4H3. The van der Waals surface area contributed by atoms with Gasteiger partial charge in [-0.3, -0.25) is 0 Å². The molecular formula is C12H14F5N3O4S. The number of hydrogen-bond acceptors (Lipinski definition) is 6. The molecule has 0 atom stereocenters. The predicted octanol–water partition coefficient (Wildman–Crippen LogP) is 2.42. The number of rotatable bonds is 3. The molecule has 0 fully saturated rings. The van der Waals surface area contributed by atoms with Gasteiger partial charge in [-0.2, -0.15) is 27.1 Å². The van der Waals surface area contributed by atoms with Crippen molar-refractivity contribution in [2.45, 2.75) is 37.3 Å². The van der Waals surface area contributed by atoms with Gasteiger partial charge in [0.2, 0.25) is 5.88 Å². The number of nitrogens with zero attached hydrogens (tertiary/aromatic N) is 3. The molecule has 1 aliphatic rings. The van der Waals surface area contributed by atoms with Crippen molar-refractivity contribution in [2.75, 3.05) is 7.11 Å². The van der Waals surface area contributed by atoms with Crippen molar-refractivity contribution in [1.82, 2.24) is 9.78 Å². The summed E-state index contributed by atoms with van der Waals surface area (Å²) in [6, 6.07) is 0. The van der Waals surface area contributed by atoms with Crippen LogP contribution in [0.25, 0.3) is 0 Å². The summed E-state index contributed by atoms with van der Waals surface area (Å²) in [4.78, 5) is 4.73. The fraction of sp³-hybridized carbons (Fsp3) is 0.667. The molecule has 2 rings (SSSR count). The van der Waals surface area contributed by atoms with Crippen molar-refractivity contribution in [1.29, 1.82) is 0 Å². The van der Waals surface area contributed by atoms with Gasteiger partial charge in [0.15, 0.2) is 10.7 Å². The Labute approximate surface area is 139 Å². The van der Waals surface area contributed by atoms with Gasteiger partial charge < -0.3 is 9.57 Å². The van der Waals surface area contributed by atoms with Crippen molar-refractivity contribution >= 4 is 14.9 Å². The van der Waals surface area contributed by atoms with E-state index in [1.54, 1.807) is 0 Å². The van der Waals surface area contributed by atoms with E-state index in [2.05, 4.69) is 15.0 Å². The van der Waals surface area contributed by atoms with Crippen LogP contribution in [0.1, 0.15) is 31.5 Å². The molecule has 1 aromatic heterocycles. The third-order valence-electron chi connectivity index (χ3n) is 3.37. The molecule has 0 aliphatic carbocycles. The maximum Gasteiger partial charge on any atom is 0.435 e. The lowest BCUT2D eigenvalue weighted by atomic mass is 10.1. The number of aromatic nitrogens is 2. The summed E-state index contributed by atoms with van der Waals surface area (Å²) in [7, 11) is -3.87. The first-order valence-corrected chi connectivity index (χ1v) is 8.19. The highest BCUT2D eigenvalue weighted by molar-refractivity contribution is 8.06. The van der Waals surface area contributed by atoms with E-state index in [1.807, 2.05) is 0 Å². The highest BCUT2D eigenvalue weighted by atomic mass is 32.2. The summed E-state index contributed by atoms with van der Waals surface area (Å²) in [6.45, 7) is 2.78. The first-order valence-electron chi connectivity index (χ1n) is 6.71. The van der Waals surface area contributed by atoms with Crippen LogP contribution < -0.4 is 4.74 Å². The Hall–Kier alpha value is -1.92. The SMILES string of the molecule is COc1c(C(F)(F)S(=O)(=O)C2=NOC(C)(C)C2)c(C(F)(F)F)nn1C. The number of sulfone groups is 1. The monoisotopic (exact) mass is 391 g/mol. The van der Waals surface area contributed by atoms with Crippen LogP contribution in [-0.4, -0.2) is 36.0 Å². The predicted molar refractivity (Wildman–Crippen MR) is 74.8 cm³/mol. The maximum absolute atomic E-state index is 14.7. The maximum atomic E-state index is 14.7. The minimum absolute atomic E-state index is 0.387. The molecule has 0 N–H and O–H groups in total. The van der Waals surface area contributed by atoms with E-state index in [-0.39, 0.29) is 0 Å². The van der Waals surface area contributed by atoms with Crippen LogP contribution in [-0.2, 0) is 33.2 Å². The summed E-state index contributed by atoms with van der Waals surface area (Å²) in [6.07, 6.45) is -5.84. The zero-order chi connectivity index (χ0) is 19.4. The Morgan fingerprint density at radius 2 is 1.80 bits per heavy atom. The van der Waals surface area contributed by atoms with E-state index >= 15 is 0 Å². The number of aryl methyl sites for hydroxylation is 1. The van der Waals surface area contributed by atoms with E-state index in [4.69, 9.17) is 4.84 Å². The smallest absolute Gasteiger partial charge is 0.435 e. The number of alkyl halides is 5. The molecule has 0 bridgehead atoms. The molecule has 1 aliphatic heterocycles. The van der Waals surface area contributed by atoms with Crippen LogP contribution in [0.2, 0.25) is 0 Å². The minimum atomic E-state index is -5.61. The summed E-state index contributed by atoms with van der Waals surface area (Å²) < 4.78 is 98.2. The number of oxime groups is 1. The Balaban J connectivity index is 2.68. The van der Waals surface area contributed by atoms with Crippen LogP contribution in [0.5, 0.6) is 5.88 Å². The van der Waals surface area contributed by atoms with E-state index in [0.717, 1.165) is 14.2 Å². The number of hydrogen-bond donors (Lipinski definition) is 0. The van der Waals surface area contributed by atoms with Crippen LogP contribution in [0.3, 0.4) is 0 Å². The van der Waals surface area contributed by atoms with Crippen molar-refractivity contribution in [2.24, 2.45) is 12.2 Å². The zero-order valence-electron chi connectivity index (χ0n) is 13.5. The lowest BCUT2D eigenvalue weighted by molar-refractivity contribution is -0.143. The number of methoxy groups -OCH3 is 1. The molecule has 0 unspecified atom stereocenters. The molecular weight excluding hydrogens is 377 g/mol. The highest BCUT2D eigenvalue weighted by Gasteiger charge is 2.59. The van der Waals surface area contributed by atoms with Gasteiger partial charge in [0.1, 0.15) is 11.2 Å². The summed E-state index contributed by atoms with van der Waals surface area (Å²) in [5, 5.41) is 0.00411. The van der Waals surface area contributed by atoms with Crippen LogP contribution in [0, 0.1) is 0 Å². The van der Waals surface area contributed by atoms with Crippen molar-refractivity contribution in [3.05, 3.63) is 11.3 Å². The Morgan fingerprint density at radius 1 is 1.24 bits per heavy atom. The second-order valence-corrected chi connectivity index (χ2v) is 7.88. The van der Waals surface area contributed by atoms with Crippen molar-refractivity contribution in [3.63, 3.8) is 0 Å². The molecule has 142 valence electrons. The van der Waals surface area contributed by atoms with Crippen LogP contribution >= 0.6 is 0 Å². The normalized spacial score (nSPS) is 18.0. The van der Waals surface area contributed by atoms with Crippen molar-refractivity contribution in [3.8, 4) is 5.88 Å². The Bertz CT molecular complexity index is 827. The fourth-order valence-corrected chi connectivity index (χ4v) is 3.65. The number of ether oxygens (including phenoxy) is 1.